The summed E-state index contributed by atoms with van der Waals surface area (Å²) in [6.07, 6.45) is 3.51. The van der Waals surface area contributed by atoms with E-state index in [2.05, 4.69) is 44.3 Å². The smallest absolute Gasteiger partial charge is 0.289 e. The predicted molar refractivity (Wildman–Crippen MR) is 240 cm³/mol. The number of benzene rings is 2. The van der Waals surface area contributed by atoms with Gasteiger partial charge in [0.25, 0.3) is 17.7 Å². The molecule has 4 N–H and O–H groups in total. The number of ether oxygens (including phenoxy) is 3. The first-order valence-electron chi connectivity index (χ1n) is 22.5. The number of anilines is 2. The van der Waals surface area contributed by atoms with E-state index in [1.165, 1.54) is 0 Å². The first-order chi connectivity index (χ1) is 32.0. The Bertz CT molecular complexity index is 2860. The van der Waals surface area contributed by atoms with Crippen LogP contribution in [0.4, 0.5) is 11.6 Å². The molecule has 1 saturated heterocycles. The Morgan fingerprint density at radius 3 is 2.39 bits per heavy atom. The molecule has 6 aromatic rings. The van der Waals surface area contributed by atoms with Gasteiger partial charge in [0.05, 0.1) is 60.9 Å². The monoisotopic (exact) mass is 900 g/mol. The van der Waals surface area contributed by atoms with Gasteiger partial charge in [0.1, 0.15) is 29.1 Å². The summed E-state index contributed by atoms with van der Waals surface area (Å²) in [5.74, 6) is -0.0619. The van der Waals surface area contributed by atoms with E-state index >= 15 is 0 Å². The molecule has 19 heteroatoms. The summed E-state index contributed by atoms with van der Waals surface area (Å²) >= 11 is 0. The maximum atomic E-state index is 13.5. The van der Waals surface area contributed by atoms with Crippen LogP contribution >= 0.6 is 0 Å². The highest BCUT2D eigenvalue weighted by Gasteiger charge is 2.45. The lowest BCUT2D eigenvalue weighted by molar-refractivity contribution is -0.136. The second kappa shape index (κ2) is 18.9. The predicted octanol–water partition coefficient (Wildman–Crippen LogP) is 5.34. The van der Waals surface area contributed by atoms with E-state index in [-0.39, 0.29) is 37.4 Å². The first-order valence-corrected chi connectivity index (χ1v) is 22.5. The molecule has 0 radical (unpaired) electrons. The van der Waals surface area contributed by atoms with Gasteiger partial charge in [-0.1, -0.05) is 17.3 Å². The molecule has 66 heavy (non-hydrogen) atoms. The zero-order valence-electron chi connectivity index (χ0n) is 37.4. The molecular weight excluding hydrogens is 849 g/mol. The number of hydrogen-bond acceptors (Lipinski definition) is 14. The van der Waals surface area contributed by atoms with Crippen molar-refractivity contribution in [2.24, 2.45) is 0 Å². The fourth-order valence-electron chi connectivity index (χ4n) is 8.77. The van der Waals surface area contributed by atoms with Crippen LogP contribution in [0.3, 0.4) is 0 Å². The quantitative estimate of drug-likeness (QED) is 0.0559. The molecule has 2 aromatic carbocycles. The van der Waals surface area contributed by atoms with Gasteiger partial charge < -0.3 is 34.4 Å². The molecular formula is C47H52N10O9. The van der Waals surface area contributed by atoms with Crippen LogP contribution in [-0.2, 0) is 36.8 Å². The molecule has 6 heterocycles. The molecule has 0 spiro atoms. The minimum Gasteiger partial charge on any atom is -0.379 e. The number of aromatic nitrogens is 6. The number of carbonyl (C=O) groups is 5. The fourth-order valence-corrected chi connectivity index (χ4v) is 8.77. The normalized spacial score (nSPS) is 16.2. The third kappa shape index (κ3) is 8.92. The van der Waals surface area contributed by atoms with Crippen LogP contribution in [0.5, 0.6) is 0 Å². The third-order valence-electron chi connectivity index (χ3n) is 12.2. The fraction of sp³-hybridized carbons (Fsp3) is 0.426. The lowest BCUT2D eigenvalue weighted by Crippen LogP contribution is -2.54. The number of aromatic amines is 1. The average Bonchev–Trinajstić information content (AvgIpc) is 3.75. The number of rotatable bonds is 20. The van der Waals surface area contributed by atoms with Crippen molar-refractivity contribution in [3.8, 4) is 11.1 Å². The Morgan fingerprint density at radius 2 is 1.67 bits per heavy atom. The summed E-state index contributed by atoms with van der Waals surface area (Å²) in [6, 6.07) is 10.3. The van der Waals surface area contributed by atoms with Crippen LogP contribution in [0.15, 0.2) is 40.9 Å². The van der Waals surface area contributed by atoms with Crippen molar-refractivity contribution in [1.82, 2.24) is 45.4 Å². The number of aryl methyl sites for hydroxylation is 5. The van der Waals surface area contributed by atoms with Gasteiger partial charge in [-0.05, 0) is 94.7 Å². The van der Waals surface area contributed by atoms with E-state index < -0.39 is 35.6 Å². The summed E-state index contributed by atoms with van der Waals surface area (Å²) in [6.45, 7) is 10.8. The molecule has 1 saturated carbocycles. The molecule has 0 bridgehead atoms. The van der Waals surface area contributed by atoms with E-state index in [0.29, 0.717) is 80.9 Å². The largest absolute Gasteiger partial charge is 0.379 e. The first kappa shape index (κ1) is 44.4. The Kier molecular flexibility index (Phi) is 12.7. The number of hydrogen-bond donors (Lipinski definition) is 4. The van der Waals surface area contributed by atoms with Gasteiger partial charge in [-0.2, -0.15) is 5.10 Å². The van der Waals surface area contributed by atoms with E-state index in [4.69, 9.17) is 33.8 Å². The van der Waals surface area contributed by atoms with Crippen molar-refractivity contribution < 1.29 is 42.7 Å². The topological polar surface area (TPSA) is 238 Å². The lowest BCUT2D eigenvalue weighted by Gasteiger charge is -2.27. The minimum atomic E-state index is -1.01. The van der Waals surface area contributed by atoms with Gasteiger partial charge in [0.2, 0.25) is 17.6 Å². The molecule has 2 fully saturated rings. The van der Waals surface area contributed by atoms with Crippen LogP contribution in [0.1, 0.15) is 105 Å². The summed E-state index contributed by atoms with van der Waals surface area (Å²) in [4.78, 5) is 77.9. The number of nitrogens with one attached hydrogen (secondary N) is 4. The van der Waals surface area contributed by atoms with Crippen molar-refractivity contribution in [3.63, 3.8) is 0 Å². The summed E-state index contributed by atoms with van der Waals surface area (Å²) in [7, 11) is 0. The SMILES string of the molecule is CCn1nc(C2CC2)cc1Nc1nc(C(=O)NCCOCCOCCOCCCc2cccc3c2C(=O)N(C2CCC(=O)NC2=O)C3=O)nc2[nH]c3cc(-c4c(C)noc4C)c(C)cc3c12. The molecule has 1 atom stereocenters. The van der Waals surface area contributed by atoms with Crippen molar-refractivity contribution in [2.45, 2.75) is 84.7 Å². The van der Waals surface area contributed by atoms with Gasteiger partial charge in [-0.3, -0.25) is 34.2 Å². The molecule has 5 amide bonds. The maximum absolute atomic E-state index is 13.5. The number of H-pyrrole nitrogens is 1. The molecule has 344 valence electrons. The highest BCUT2D eigenvalue weighted by molar-refractivity contribution is 6.24. The van der Waals surface area contributed by atoms with Gasteiger partial charge in [0.15, 0.2) is 0 Å². The molecule has 9 rings (SSSR count). The molecule has 1 unspecified atom stereocenters. The zero-order chi connectivity index (χ0) is 46.1. The Hall–Kier alpha value is -6.83. The van der Waals surface area contributed by atoms with E-state index in [0.717, 1.165) is 73.7 Å². The van der Waals surface area contributed by atoms with E-state index in [1.54, 1.807) is 18.2 Å². The Morgan fingerprint density at radius 1 is 0.894 bits per heavy atom. The van der Waals surface area contributed by atoms with E-state index in [1.807, 2.05) is 32.4 Å². The summed E-state index contributed by atoms with van der Waals surface area (Å²) < 4.78 is 24.5. The number of nitrogens with zero attached hydrogens (tertiary/aromatic N) is 6. The zero-order valence-corrected chi connectivity index (χ0v) is 37.4. The molecule has 3 aliphatic rings. The Balaban J connectivity index is 0.741. The minimum absolute atomic E-state index is 0.000213. The standard InChI is InChI=1S/C47H52N10O9/c1-5-56-36(24-33(54-56)28-11-12-28)50-42-40-32-22-25(2)31(38-26(3)55-66-27(38)4)23-34(32)49-41(40)52-43(53-42)45(60)48-15-17-64-19-21-65-20-18-63-16-7-9-29-8-6-10-30-39(29)47(62)57(46(30)61)35-13-14-37(58)51-44(35)59/h6,8,10,22-24,28,35H,5,7,9,11-21H2,1-4H3,(H,48,60)(H,51,58,59)(H2,49,50,52,53). The highest BCUT2D eigenvalue weighted by atomic mass is 16.5. The van der Waals surface area contributed by atoms with Gasteiger partial charge >= 0.3 is 0 Å². The second-order valence-corrected chi connectivity index (χ2v) is 16.8. The second-order valence-electron chi connectivity index (χ2n) is 16.8. The average molecular weight is 901 g/mol. The number of carbonyl (C=O) groups excluding carboxylic acids is 5. The third-order valence-corrected chi connectivity index (χ3v) is 12.2. The Labute approximate surface area is 379 Å². The van der Waals surface area contributed by atoms with Crippen molar-refractivity contribution >= 4 is 63.1 Å². The van der Waals surface area contributed by atoms with Crippen LogP contribution in [0.2, 0.25) is 0 Å². The number of fused-ring (bicyclic) bond motifs is 4. The van der Waals surface area contributed by atoms with Crippen molar-refractivity contribution in [3.05, 3.63) is 81.6 Å². The van der Waals surface area contributed by atoms with Gasteiger partial charge in [-0.25, -0.2) is 14.6 Å². The number of imide groups is 2. The van der Waals surface area contributed by atoms with Crippen LogP contribution in [0, 0.1) is 20.8 Å². The maximum Gasteiger partial charge on any atom is 0.289 e. The van der Waals surface area contributed by atoms with Crippen LogP contribution in [-0.4, -0.2) is 117 Å². The molecule has 1 aliphatic carbocycles. The number of piperidine rings is 1. The van der Waals surface area contributed by atoms with Gasteiger partial charge in [-0.15, -0.1) is 0 Å². The van der Waals surface area contributed by atoms with Crippen molar-refractivity contribution in [1.29, 1.82) is 0 Å². The molecule has 4 aromatic heterocycles. The highest BCUT2D eigenvalue weighted by Crippen LogP contribution is 2.41. The summed E-state index contributed by atoms with van der Waals surface area (Å²) in [5, 5.41) is 19.3. The van der Waals surface area contributed by atoms with Gasteiger partial charge in [0, 0.05) is 54.6 Å². The molecule has 2 aliphatic heterocycles. The van der Waals surface area contributed by atoms with Crippen molar-refractivity contribution in [2.75, 3.05) is 51.5 Å². The van der Waals surface area contributed by atoms with E-state index in [9.17, 15) is 24.0 Å². The van der Waals surface area contributed by atoms with Crippen LogP contribution in [0.25, 0.3) is 33.1 Å². The summed E-state index contributed by atoms with van der Waals surface area (Å²) in [5.41, 5.74) is 7.43. The lowest BCUT2D eigenvalue weighted by atomic mass is 9.97. The van der Waals surface area contributed by atoms with Crippen LogP contribution < -0.4 is 16.0 Å². The molecule has 19 nitrogen and oxygen atoms in total. The number of amides is 5.